The maximum Gasteiger partial charge on any atom is -0.00202 e. The van der Waals surface area contributed by atoms with E-state index >= 15 is 0 Å². The Balaban J connectivity index is 1.99. The van der Waals surface area contributed by atoms with Crippen molar-refractivity contribution in [1.82, 2.24) is 0 Å². The Hall–Kier alpha value is -0.520. The van der Waals surface area contributed by atoms with Crippen LogP contribution in [0.4, 0.5) is 0 Å². The number of allylic oxidation sites excluding steroid dienone is 4. The summed E-state index contributed by atoms with van der Waals surface area (Å²) in [6.45, 7) is 6.60. The van der Waals surface area contributed by atoms with E-state index in [4.69, 9.17) is 0 Å². The Bertz CT molecular complexity index is 196. The first-order valence-corrected chi connectivity index (χ1v) is 5.10. The van der Waals surface area contributed by atoms with Crippen LogP contribution in [0.3, 0.4) is 0 Å². The number of rotatable bonds is 5. The molecular weight excluding hydrogens is 144 g/mol. The number of hydrogen-bond acceptors (Lipinski definition) is 0. The average Bonchev–Trinajstić information content (AvgIpc) is 2.83. The lowest BCUT2D eigenvalue weighted by atomic mass is 10.1. The second kappa shape index (κ2) is 4.49. The molecule has 0 aliphatic heterocycles. The minimum atomic E-state index is 0.889. The molecule has 0 nitrogen and oxygen atoms in total. The summed E-state index contributed by atoms with van der Waals surface area (Å²) in [5.41, 5.74) is 3.22. The second-order valence-electron chi connectivity index (χ2n) is 3.73. The van der Waals surface area contributed by atoms with Crippen LogP contribution in [-0.4, -0.2) is 0 Å². The van der Waals surface area contributed by atoms with Crippen molar-refractivity contribution in [3.05, 3.63) is 23.3 Å². The summed E-state index contributed by atoms with van der Waals surface area (Å²) in [7, 11) is 0. The van der Waals surface area contributed by atoms with Gasteiger partial charge in [-0.25, -0.2) is 0 Å². The van der Waals surface area contributed by atoms with Gasteiger partial charge in [0.15, 0.2) is 0 Å². The van der Waals surface area contributed by atoms with Gasteiger partial charge in [0.25, 0.3) is 0 Å². The zero-order valence-electron chi connectivity index (χ0n) is 8.56. The lowest BCUT2D eigenvalue weighted by Gasteiger charge is -2.00. The molecule has 1 rings (SSSR count). The van der Waals surface area contributed by atoms with E-state index in [1.54, 1.807) is 5.57 Å². The first-order chi connectivity index (χ1) is 5.77. The molecular formula is C12H20. The zero-order valence-corrected chi connectivity index (χ0v) is 8.56. The molecule has 0 radical (unpaired) electrons. The Morgan fingerprint density at radius 3 is 2.83 bits per heavy atom. The van der Waals surface area contributed by atoms with Gasteiger partial charge in [0.1, 0.15) is 0 Å². The second-order valence-corrected chi connectivity index (χ2v) is 3.73. The maximum atomic E-state index is 2.42. The molecule has 0 fully saturated rings. The highest BCUT2D eigenvalue weighted by Gasteiger charge is 2.21. The third kappa shape index (κ3) is 2.84. The zero-order chi connectivity index (χ0) is 8.97. The fourth-order valence-electron chi connectivity index (χ4n) is 1.60. The van der Waals surface area contributed by atoms with Crippen molar-refractivity contribution < 1.29 is 0 Å². The Morgan fingerprint density at radius 1 is 1.58 bits per heavy atom. The van der Waals surface area contributed by atoms with Crippen LogP contribution in [0.1, 0.15) is 46.5 Å². The van der Waals surface area contributed by atoms with Gasteiger partial charge in [-0.15, -0.1) is 0 Å². The van der Waals surface area contributed by atoms with Crippen LogP contribution in [0.2, 0.25) is 0 Å². The fraction of sp³-hybridized carbons (Fsp3) is 0.667. The van der Waals surface area contributed by atoms with Crippen molar-refractivity contribution >= 4 is 0 Å². The van der Waals surface area contributed by atoms with E-state index in [1.165, 1.54) is 31.3 Å². The molecule has 0 aromatic heterocycles. The summed E-state index contributed by atoms with van der Waals surface area (Å²) >= 11 is 0. The quantitative estimate of drug-likeness (QED) is 0.537. The predicted molar refractivity (Wildman–Crippen MR) is 55.1 cm³/mol. The van der Waals surface area contributed by atoms with Gasteiger partial charge >= 0.3 is 0 Å². The molecule has 0 heteroatoms. The van der Waals surface area contributed by atoms with Crippen LogP contribution in [0, 0.1) is 5.92 Å². The predicted octanol–water partition coefficient (Wildman–Crippen LogP) is 4.09. The molecule has 0 heterocycles. The summed E-state index contributed by atoms with van der Waals surface area (Å²) in [6.07, 6.45) is 9.95. The highest BCUT2D eigenvalue weighted by Crippen LogP contribution is 2.35. The molecule has 0 bridgehead atoms. The van der Waals surface area contributed by atoms with Crippen molar-refractivity contribution in [2.45, 2.75) is 46.5 Å². The van der Waals surface area contributed by atoms with Crippen molar-refractivity contribution in [2.24, 2.45) is 5.92 Å². The van der Waals surface area contributed by atoms with E-state index in [1.807, 2.05) is 0 Å². The highest BCUT2D eigenvalue weighted by atomic mass is 14.3. The maximum absolute atomic E-state index is 2.42. The average molecular weight is 164 g/mol. The largest absolute Gasteiger partial charge is 0.0887 e. The van der Waals surface area contributed by atoms with E-state index in [-0.39, 0.29) is 0 Å². The minimum absolute atomic E-state index is 0.889. The van der Waals surface area contributed by atoms with Gasteiger partial charge in [0, 0.05) is 0 Å². The van der Waals surface area contributed by atoms with Gasteiger partial charge in [0.2, 0.25) is 0 Å². The molecule has 0 amide bonds. The Labute approximate surface area is 76.4 Å². The molecule has 1 aliphatic rings. The van der Waals surface area contributed by atoms with Crippen molar-refractivity contribution in [3.63, 3.8) is 0 Å². The molecule has 0 aromatic rings. The molecule has 68 valence electrons. The van der Waals surface area contributed by atoms with Crippen LogP contribution in [0.5, 0.6) is 0 Å². The van der Waals surface area contributed by atoms with Gasteiger partial charge in [-0.3, -0.25) is 0 Å². The third-order valence-corrected chi connectivity index (χ3v) is 2.77. The third-order valence-electron chi connectivity index (χ3n) is 2.77. The molecule has 12 heavy (non-hydrogen) atoms. The van der Waals surface area contributed by atoms with Crippen LogP contribution >= 0.6 is 0 Å². The summed E-state index contributed by atoms with van der Waals surface area (Å²) in [6, 6.07) is 0. The van der Waals surface area contributed by atoms with Crippen LogP contribution < -0.4 is 0 Å². The minimum Gasteiger partial charge on any atom is -0.0887 e. The van der Waals surface area contributed by atoms with E-state index in [9.17, 15) is 0 Å². The van der Waals surface area contributed by atoms with Gasteiger partial charge < -0.3 is 0 Å². The Morgan fingerprint density at radius 2 is 2.33 bits per heavy atom. The van der Waals surface area contributed by atoms with Gasteiger partial charge in [0.05, 0.1) is 0 Å². The van der Waals surface area contributed by atoms with E-state index in [0.717, 1.165) is 5.92 Å². The normalized spacial score (nSPS) is 22.4. The van der Waals surface area contributed by atoms with Crippen molar-refractivity contribution in [1.29, 1.82) is 0 Å². The Kier molecular flexibility index (Phi) is 3.58. The van der Waals surface area contributed by atoms with Crippen LogP contribution in [-0.2, 0) is 0 Å². The van der Waals surface area contributed by atoms with Crippen LogP contribution in [0.15, 0.2) is 23.3 Å². The van der Waals surface area contributed by atoms with Gasteiger partial charge in [-0.2, -0.15) is 0 Å². The molecule has 1 unspecified atom stereocenters. The van der Waals surface area contributed by atoms with Crippen LogP contribution in [0.25, 0.3) is 0 Å². The molecule has 1 atom stereocenters. The fourth-order valence-corrected chi connectivity index (χ4v) is 1.60. The lowest BCUT2D eigenvalue weighted by Crippen LogP contribution is -1.84. The van der Waals surface area contributed by atoms with E-state index in [2.05, 4.69) is 32.9 Å². The molecule has 0 saturated carbocycles. The molecule has 0 N–H and O–H groups in total. The lowest BCUT2D eigenvalue weighted by molar-refractivity contribution is 0.676. The van der Waals surface area contributed by atoms with Crippen molar-refractivity contribution in [3.8, 4) is 0 Å². The molecule has 1 aliphatic carbocycles. The monoisotopic (exact) mass is 164 g/mol. The molecule has 0 aromatic carbocycles. The van der Waals surface area contributed by atoms with E-state index < -0.39 is 0 Å². The highest BCUT2D eigenvalue weighted by molar-refractivity contribution is 5.28. The van der Waals surface area contributed by atoms with Gasteiger partial charge in [-0.1, -0.05) is 30.2 Å². The first kappa shape index (κ1) is 9.57. The van der Waals surface area contributed by atoms with Gasteiger partial charge in [-0.05, 0) is 45.4 Å². The summed E-state index contributed by atoms with van der Waals surface area (Å²) in [4.78, 5) is 0. The van der Waals surface area contributed by atoms with E-state index in [0.29, 0.717) is 0 Å². The first-order valence-electron chi connectivity index (χ1n) is 5.10. The topological polar surface area (TPSA) is 0 Å². The molecule has 0 saturated heterocycles. The van der Waals surface area contributed by atoms with Crippen molar-refractivity contribution in [2.75, 3.05) is 0 Å². The smallest absolute Gasteiger partial charge is 0.00202 e. The summed E-state index contributed by atoms with van der Waals surface area (Å²) in [5, 5.41) is 0. The molecule has 0 spiro atoms. The summed E-state index contributed by atoms with van der Waals surface area (Å²) in [5.74, 6) is 0.889. The summed E-state index contributed by atoms with van der Waals surface area (Å²) < 4.78 is 0. The SMILES string of the molecule is CC=C(C)CCCC1C=C1CC. The number of hydrogen-bond donors (Lipinski definition) is 0. The standard InChI is InChI=1S/C12H20/c1-4-10(3)7-6-8-12-9-11(12)5-2/h4,9,12H,5-8H2,1-3H3.